The monoisotopic (exact) mass is 682 g/mol. The molecule has 48 heavy (non-hydrogen) atoms. The average Bonchev–Trinajstić information content (AvgIpc) is 3.86. The number of amides is 1. The number of rotatable bonds is 17. The molecule has 11 nitrogen and oxygen atoms in total. The molecule has 1 heterocycles. The molecular formula is C35H39FN2O9S. The molecule has 256 valence electrons. The molecule has 1 aromatic heterocycles. The minimum absolute atomic E-state index is 0.0562. The number of halogens is 1. The van der Waals surface area contributed by atoms with Gasteiger partial charge in [-0.1, -0.05) is 18.2 Å². The van der Waals surface area contributed by atoms with Crippen molar-refractivity contribution in [2.24, 2.45) is 0 Å². The van der Waals surface area contributed by atoms with Gasteiger partial charge in [0.15, 0.2) is 0 Å². The van der Waals surface area contributed by atoms with Crippen LogP contribution in [0.2, 0.25) is 0 Å². The van der Waals surface area contributed by atoms with E-state index in [2.05, 4.69) is 5.32 Å². The lowest BCUT2D eigenvalue weighted by atomic mass is 10.0. The number of sulfonamides is 1. The minimum Gasteiger partial charge on any atom is -0.465 e. The summed E-state index contributed by atoms with van der Waals surface area (Å²) in [7, 11) is -0.873. The zero-order valence-corrected chi connectivity index (χ0v) is 27.9. The van der Waals surface area contributed by atoms with E-state index in [4.69, 9.17) is 23.4 Å². The molecule has 5 rings (SSSR count). The molecule has 0 atom stereocenters. The number of methoxy groups -OCH3 is 1. The Morgan fingerprint density at radius 1 is 0.958 bits per heavy atom. The Kier molecular flexibility index (Phi) is 11.5. The van der Waals surface area contributed by atoms with Gasteiger partial charge in [-0.3, -0.25) is 9.10 Å². The SMILES string of the molecule is CNC(=O)c1c(-c2ccc(F)cc2)oc2cc(N(CCOCCOCCOCc3ccccc3C(=O)OC)S(C)(=O)=O)c(C3CC3)cc12. The Hall–Kier alpha value is -4.30. The summed E-state index contributed by atoms with van der Waals surface area (Å²) in [6.07, 6.45) is 2.93. The molecule has 0 spiro atoms. The molecule has 1 aliphatic rings. The molecule has 0 radical (unpaired) electrons. The standard InChI is InChI=1S/C35H39FN2O9S/c1-37-34(39)32-29-20-28(23-8-9-23)30(21-31(29)47-33(32)24-10-12-26(36)13-11-24)38(48(3,41)42)14-15-44-16-17-45-18-19-46-22-25-6-4-5-7-27(25)35(40)43-2/h4-7,10-13,20-21,23H,8-9,14-19,22H2,1-3H3,(H,37,39). The molecule has 1 N–H and O–H groups in total. The summed E-state index contributed by atoms with van der Waals surface area (Å²) in [6, 6.07) is 16.2. The molecule has 0 unspecified atom stereocenters. The lowest BCUT2D eigenvalue weighted by molar-refractivity contribution is 0.0118. The first-order valence-corrected chi connectivity index (χ1v) is 17.4. The van der Waals surface area contributed by atoms with Crippen LogP contribution in [0.1, 0.15) is 50.6 Å². The first-order valence-electron chi connectivity index (χ1n) is 15.6. The van der Waals surface area contributed by atoms with E-state index in [1.807, 2.05) is 12.1 Å². The summed E-state index contributed by atoms with van der Waals surface area (Å²) in [6.45, 7) is 1.54. The molecule has 0 bridgehead atoms. The molecule has 3 aromatic carbocycles. The summed E-state index contributed by atoms with van der Waals surface area (Å²) < 4.78 is 69.0. The molecule has 0 saturated heterocycles. The van der Waals surface area contributed by atoms with Crippen molar-refractivity contribution in [3.63, 3.8) is 0 Å². The van der Waals surface area contributed by atoms with Crippen molar-refractivity contribution in [1.29, 1.82) is 0 Å². The van der Waals surface area contributed by atoms with E-state index in [0.29, 0.717) is 46.6 Å². The van der Waals surface area contributed by atoms with E-state index in [1.165, 1.54) is 42.7 Å². The second-order valence-corrected chi connectivity index (χ2v) is 13.2. The van der Waals surface area contributed by atoms with Crippen molar-refractivity contribution in [1.82, 2.24) is 5.32 Å². The highest BCUT2D eigenvalue weighted by molar-refractivity contribution is 7.92. The van der Waals surface area contributed by atoms with Gasteiger partial charge >= 0.3 is 5.97 Å². The third kappa shape index (κ3) is 8.40. The van der Waals surface area contributed by atoms with Gasteiger partial charge in [0.2, 0.25) is 10.0 Å². The van der Waals surface area contributed by atoms with E-state index in [9.17, 15) is 22.4 Å². The van der Waals surface area contributed by atoms with Crippen molar-refractivity contribution < 1.29 is 45.8 Å². The van der Waals surface area contributed by atoms with Crippen LogP contribution in [0.3, 0.4) is 0 Å². The van der Waals surface area contributed by atoms with Crippen molar-refractivity contribution in [2.45, 2.75) is 25.4 Å². The number of furan rings is 1. The molecule has 1 amide bonds. The number of esters is 1. The molecule has 1 saturated carbocycles. The van der Waals surface area contributed by atoms with Crippen LogP contribution in [0.5, 0.6) is 0 Å². The lowest BCUT2D eigenvalue weighted by Gasteiger charge is -2.25. The van der Waals surface area contributed by atoms with Crippen LogP contribution in [0.4, 0.5) is 10.1 Å². The first kappa shape index (κ1) is 35.0. The van der Waals surface area contributed by atoms with Gasteiger partial charge in [-0.25, -0.2) is 17.6 Å². The number of carbonyl (C=O) groups excluding carboxylic acids is 2. The number of anilines is 1. The molecule has 1 aliphatic carbocycles. The number of ether oxygens (including phenoxy) is 4. The first-order chi connectivity index (χ1) is 23.1. The summed E-state index contributed by atoms with van der Waals surface area (Å²) in [5.74, 6) is -0.798. The van der Waals surface area contributed by atoms with Crippen molar-refractivity contribution in [3.8, 4) is 11.3 Å². The predicted octanol–water partition coefficient (Wildman–Crippen LogP) is 5.28. The molecule has 0 aliphatic heterocycles. The topological polar surface area (TPSA) is 134 Å². The van der Waals surface area contributed by atoms with Crippen molar-refractivity contribution in [2.75, 3.05) is 64.3 Å². The van der Waals surface area contributed by atoms with Crippen LogP contribution < -0.4 is 9.62 Å². The fourth-order valence-electron chi connectivity index (χ4n) is 5.43. The van der Waals surface area contributed by atoms with Gasteiger partial charge in [0.1, 0.15) is 17.2 Å². The van der Waals surface area contributed by atoms with Crippen molar-refractivity contribution in [3.05, 3.63) is 88.7 Å². The van der Waals surface area contributed by atoms with Crippen LogP contribution in [0, 0.1) is 5.82 Å². The Morgan fingerprint density at radius 3 is 2.27 bits per heavy atom. The van der Waals surface area contributed by atoms with Crippen LogP contribution >= 0.6 is 0 Å². The van der Waals surface area contributed by atoms with Crippen molar-refractivity contribution >= 4 is 38.6 Å². The van der Waals surface area contributed by atoms with Gasteiger partial charge in [-0.15, -0.1) is 0 Å². The Bertz CT molecular complexity index is 1850. The van der Waals surface area contributed by atoms with Crippen LogP contribution in [-0.4, -0.2) is 80.3 Å². The second-order valence-electron chi connectivity index (χ2n) is 11.3. The second kappa shape index (κ2) is 15.7. The summed E-state index contributed by atoms with van der Waals surface area (Å²) in [4.78, 5) is 24.9. The number of nitrogens with zero attached hydrogens (tertiary/aromatic N) is 1. The number of benzene rings is 3. The zero-order chi connectivity index (χ0) is 34.3. The van der Waals surface area contributed by atoms with E-state index in [0.717, 1.165) is 30.2 Å². The predicted molar refractivity (Wildman–Crippen MR) is 178 cm³/mol. The van der Waals surface area contributed by atoms with E-state index < -0.39 is 21.8 Å². The molecular weight excluding hydrogens is 643 g/mol. The maximum atomic E-state index is 13.7. The summed E-state index contributed by atoms with van der Waals surface area (Å²) in [5, 5.41) is 3.21. The fourth-order valence-corrected chi connectivity index (χ4v) is 6.35. The molecule has 13 heteroatoms. The van der Waals surface area contributed by atoms with Gasteiger partial charge in [-0.05, 0) is 66.3 Å². The average molecular weight is 683 g/mol. The molecule has 1 fully saturated rings. The Balaban J connectivity index is 1.21. The van der Waals surface area contributed by atoms with Gasteiger partial charge < -0.3 is 28.7 Å². The zero-order valence-electron chi connectivity index (χ0n) is 27.1. The van der Waals surface area contributed by atoms with Gasteiger partial charge in [0.05, 0.1) is 76.4 Å². The Labute approximate surface area is 279 Å². The van der Waals surface area contributed by atoms with Crippen LogP contribution in [0.15, 0.2) is 65.1 Å². The van der Waals surface area contributed by atoms with E-state index in [1.54, 1.807) is 24.3 Å². The van der Waals surface area contributed by atoms with Gasteiger partial charge in [-0.2, -0.15) is 0 Å². The van der Waals surface area contributed by atoms with E-state index >= 15 is 0 Å². The largest absolute Gasteiger partial charge is 0.465 e. The highest BCUT2D eigenvalue weighted by atomic mass is 32.2. The highest BCUT2D eigenvalue weighted by Crippen LogP contribution is 2.48. The number of nitrogens with one attached hydrogen (secondary N) is 1. The highest BCUT2D eigenvalue weighted by Gasteiger charge is 2.33. The number of hydrogen-bond acceptors (Lipinski definition) is 9. The maximum Gasteiger partial charge on any atom is 0.338 e. The smallest absolute Gasteiger partial charge is 0.338 e. The van der Waals surface area contributed by atoms with Crippen LogP contribution in [0.25, 0.3) is 22.3 Å². The van der Waals surface area contributed by atoms with Crippen LogP contribution in [-0.2, 0) is 35.6 Å². The molecule has 4 aromatic rings. The number of hydrogen-bond donors (Lipinski definition) is 1. The maximum absolute atomic E-state index is 13.7. The fraction of sp³-hybridized carbons (Fsp3) is 0.371. The lowest BCUT2D eigenvalue weighted by Crippen LogP contribution is -2.34. The van der Waals surface area contributed by atoms with Gasteiger partial charge in [0, 0.05) is 24.1 Å². The quantitative estimate of drug-likeness (QED) is 0.117. The third-order valence-electron chi connectivity index (χ3n) is 7.95. The minimum atomic E-state index is -3.72. The normalized spacial score (nSPS) is 13.1. The number of fused-ring (bicyclic) bond motifs is 1. The summed E-state index contributed by atoms with van der Waals surface area (Å²) in [5.41, 5.74) is 3.62. The number of carbonyl (C=O) groups is 2. The summed E-state index contributed by atoms with van der Waals surface area (Å²) >= 11 is 0. The van der Waals surface area contributed by atoms with E-state index in [-0.39, 0.29) is 50.6 Å². The third-order valence-corrected chi connectivity index (χ3v) is 9.13. The Morgan fingerprint density at radius 2 is 1.62 bits per heavy atom. The van der Waals surface area contributed by atoms with Gasteiger partial charge in [0.25, 0.3) is 5.91 Å².